The number of piperazine rings is 1. The molecule has 6 nitrogen and oxygen atoms in total. The molecule has 2 atom stereocenters. The number of amides is 3. The maximum Gasteiger partial charge on any atom is 0.245 e. The molecule has 6 heteroatoms. The van der Waals surface area contributed by atoms with Gasteiger partial charge in [0.1, 0.15) is 12.1 Å². The molecule has 0 spiro atoms. The second-order valence-electron chi connectivity index (χ2n) is 3.92. The van der Waals surface area contributed by atoms with Gasteiger partial charge in [-0.15, -0.1) is 0 Å². The Morgan fingerprint density at radius 2 is 2.19 bits per heavy atom. The van der Waals surface area contributed by atoms with Crippen LogP contribution in [-0.4, -0.2) is 47.8 Å². The van der Waals surface area contributed by atoms with Crippen molar-refractivity contribution in [1.82, 2.24) is 15.5 Å². The number of nitrogens with one attached hydrogen (secondary N) is 2. The fraction of sp³-hybridized carbons (Fsp3) is 0.700. The Morgan fingerprint density at radius 3 is 2.75 bits per heavy atom. The first-order valence-electron chi connectivity index (χ1n) is 5.28. The van der Waals surface area contributed by atoms with Crippen LogP contribution in [0.5, 0.6) is 0 Å². The van der Waals surface area contributed by atoms with Gasteiger partial charge in [-0.1, -0.05) is 0 Å². The van der Waals surface area contributed by atoms with E-state index >= 15 is 0 Å². The molecule has 1 aliphatic heterocycles. The summed E-state index contributed by atoms with van der Waals surface area (Å²) in [6.07, 6.45) is 0. The van der Waals surface area contributed by atoms with Gasteiger partial charge < -0.3 is 15.5 Å². The summed E-state index contributed by atoms with van der Waals surface area (Å²) in [6, 6.07) is -1.07. The van der Waals surface area contributed by atoms with Crippen molar-refractivity contribution in [2.45, 2.75) is 32.9 Å². The Bertz CT molecular complexity index is 316. The third-order valence-corrected chi connectivity index (χ3v) is 2.57. The van der Waals surface area contributed by atoms with Gasteiger partial charge in [0, 0.05) is 20.0 Å². The topological polar surface area (TPSA) is 78.5 Å². The van der Waals surface area contributed by atoms with Gasteiger partial charge in [0.25, 0.3) is 0 Å². The van der Waals surface area contributed by atoms with Crippen LogP contribution in [0.4, 0.5) is 0 Å². The summed E-state index contributed by atoms with van der Waals surface area (Å²) in [7, 11) is 0. The van der Waals surface area contributed by atoms with Crippen molar-refractivity contribution < 1.29 is 14.4 Å². The second kappa shape index (κ2) is 4.96. The Kier molecular flexibility index (Phi) is 3.87. The van der Waals surface area contributed by atoms with Gasteiger partial charge in [0.05, 0.1) is 0 Å². The highest BCUT2D eigenvalue weighted by Gasteiger charge is 2.31. The van der Waals surface area contributed by atoms with Gasteiger partial charge in [-0.25, -0.2) is 0 Å². The normalized spacial score (nSPS) is 22.3. The van der Waals surface area contributed by atoms with Crippen molar-refractivity contribution in [3.63, 3.8) is 0 Å². The minimum absolute atomic E-state index is 0.158. The summed E-state index contributed by atoms with van der Waals surface area (Å²) >= 11 is 0. The van der Waals surface area contributed by atoms with Gasteiger partial charge in [-0.3, -0.25) is 14.4 Å². The lowest BCUT2D eigenvalue weighted by Crippen LogP contribution is -2.59. The summed E-state index contributed by atoms with van der Waals surface area (Å²) in [5.41, 5.74) is 0. The largest absolute Gasteiger partial charge is 0.353 e. The highest BCUT2D eigenvalue weighted by molar-refractivity contribution is 5.92. The van der Waals surface area contributed by atoms with Crippen molar-refractivity contribution in [3.8, 4) is 0 Å². The molecule has 1 aliphatic rings. The molecular formula is C10H17N3O3. The Hall–Kier alpha value is -1.59. The lowest BCUT2D eigenvalue weighted by Gasteiger charge is -2.34. The first-order chi connectivity index (χ1) is 7.43. The Labute approximate surface area is 94.4 Å². The molecule has 0 aromatic heterocycles. The first-order valence-corrected chi connectivity index (χ1v) is 5.28. The van der Waals surface area contributed by atoms with Crippen molar-refractivity contribution >= 4 is 17.7 Å². The molecular weight excluding hydrogens is 210 g/mol. The minimum atomic E-state index is -0.592. The van der Waals surface area contributed by atoms with Gasteiger partial charge in [-0.05, 0) is 13.8 Å². The van der Waals surface area contributed by atoms with Crippen LogP contribution < -0.4 is 10.6 Å². The molecule has 0 aromatic rings. The zero-order chi connectivity index (χ0) is 12.3. The van der Waals surface area contributed by atoms with E-state index in [4.69, 9.17) is 0 Å². The van der Waals surface area contributed by atoms with Crippen LogP contribution in [0.3, 0.4) is 0 Å². The summed E-state index contributed by atoms with van der Waals surface area (Å²) in [5.74, 6) is -0.637. The van der Waals surface area contributed by atoms with E-state index in [-0.39, 0.29) is 17.7 Å². The third-order valence-electron chi connectivity index (χ3n) is 2.57. The fourth-order valence-corrected chi connectivity index (χ4v) is 1.70. The first kappa shape index (κ1) is 12.5. The number of hydrogen-bond acceptors (Lipinski definition) is 3. The smallest absolute Gasteiger partial charge is 0.245 e. The molecule has 90 valence electrons. The van der Waals surface area contributed by atoms with Crippen molar-refractivity contribution in [1.29, 1.82) is 0 Å². The highest BCUT2D eigenvalue weighted by Crippen LogP contribution is 2.06. The second-order valence-corrected chi connectivity index (χ2v) is 3.92. The number of carbonyl (C=O) groups is 3. The molecule has 0 radical (unpaired) electrons. The summed E-state index contributed by atoms with van der Waals surface area (Å²) in [5, 5.41) is 5.19. The summed E-state index contributed by atoms with van der Waals surface area (Å²) in [4.78, 5) is 35.6. The van der Waals surface area contributed by atoms with Gasteiger partial charge in [0.2, 0.25) is 17.7 Å². The van der Waals surface area contributed by atoms with Crippen LogP contribution in [0.15, 0.2) is 0 Å². The molecule has 0 aromatic carbocycles. The molecule has 0 bridgehead atoms. The quantitative estimate of drug-likeness (QED) is 0.626. The third kappa shape index (κ3) is 2.71. The molecule has 1 heterocycles. The van der Waals surface area contributed by atoms with Crippen LogP contribution in [0.2, 0.25) is 0 Å². The fourth-order valence-electron chi connectivity index (χ4n) is 1.70. The van der Waals surface area contributed by atoms with Gasteiger partial charge in [0.15, 0.2) is 0 Å². The number of rotatable bonds is 2. The van der Waals surface area contributed by atoms with Gasteiger partial charge >= 0.3 is 0 Å². The molecule has 0 saturated carbocycles. The number of hydrogen-bond donors (Lipinski definition) is 2. The van der Waals surface area contributed by atoms with E-state index in [9.17, 15) is 14.4 Å². The standard InChI is InChI=1S/C10H17N3O3/c1-6(12-8(3)14)10(16)13-5-4-11-9(15)7(13)2/h6-7H,4-5H2,1-3H3,(H,11,15)(H,12,14). The molecule has 2 unspecified atom stereocenters. The molecule has 1 rings (SSSR count). The Balaban J connectivity index is 2.65. The predicted octanol–water partition coefficient (Wildman–Crippen LogP) is -1.14. The SMILES string of the molecule is CC(=O)NC(C)C(=O)N1CCNC(=O)C1C. The van der Waals surface area contributed by atoms with Crippen molar-refractivity contribution in [3.05, 3.63) is 0 Å². The monoisotopic (exact) mass is 227 g/mol. The summed E-state index contributed by atoms with van der Waals surface area (Å²) < 4.78 is 0. The van der Waals surface area contributed by atoms with Crippen LogP contribution >= 0.6 is 0 Å². The Morgan fingerprint density at radius 1 is 1.56 bits per heavy atom. The van der Waals surface area contributed by atoms with Crippen LogP contribution in [0, 0.1) is 0 Å². The van der Waals surface area contributed by atoms with E-state index in [2.05, 4.69) is 10.6 Å². The van der Waals surface area contributed by atoms with E-state index in [1.165, 1.54) is 11.8 Å². The average Bonchev–Trinajstić information content (AvgIpc) is 2.20. The highest BCUT2D eigenvalue weighted by atomic mass is 16.2. The van der Waals surface area contributed by atoms with Crippen LogP contribution in [-0.2, 0) is 14.4 Å². The number of carbonyl (C=O) groups excluding carboxylic acids is 3. The zero-order valence-corrected chi connectivity index (χ0v) is 9.74. The van der Waals surface area contributed by atoms with E-state index in [1.807, 2.05) is 0 Å². The maximum absolute atomic E-state index is 11.9. The lowest BCUT2D eigenvalue weighted by atomic mass is 10.1. The van der Waals surface area contributed by atoms with Crippen molar-refractivity contribution in [2.75, 3.05) is 13.1 Å². The number of nitrogens with zero attached hydrogens (tertiary/aromatic N) is 1. The predicted molar refractivity (Wildman–Crippen MR) is 57.5 cm³/mol. The molecule has 16 heavy (non-hydrogen) atoms. The average molecular weight is 227 g/mol. The van der Waals surface area contributed by atoms with E-state index in [0.29, 0.717) is 13.1 Å². The molecule has 1 fully saturated rings. The molecule has 1 saturated heterocycles. The maximum atomic E-state index is 11.9. The molecule has 0 aliphatic carbocycles. The van der Waals surface area contributed by atoms with E-state index < -0.39 is 12.1 Å². The minimum Gasteiger partial charge on any atom is -0.353 e. The van der Waals surface area contributed by atoms with Crippen LogP contribution in [0.1, 0.15) is 20.8 Å². The van der Waals surface area contributed by atoms with Crippen LogP contribution in [0.25, 0.3) is 0 Å². The van der Waals surface area contributed by atoms with E-state index in [1.54, 1.807) is 13.8 Å². The van der Waals surface area contributed by atoms with E-state index in [0.717, 1.165) is 0 Å². The van der Waals surface area contributed by atoms with Gasteiger partial charge in [-0.2, -0.15) is 0 Å². The molecule has 3 amide bonds. The lowest BCUT2D eigenvalue weighted by molar-refractivity contribution is -0.144. The molecule has 2 N–H and O–H groups in total. The summed E-state index contributed by atoms with van der Waals surface area (Å²) in [6.45, 7) is 5.59. The zero-order valence-electron chi connectivity index (χ0n) is 9.74. The van der Waals surface area contributed by atoms with Crippen molar-refractivity contribution in [2.24, 2.45) is 0 Å².